The smallest absolute Gasteiger partial charge is 0.0439 e. The molecule has 1 rings (SSSR count). The van der Waals surface area contributed by atoms with Gasteiger partial charge >= 0.3 is 0 Å². The van der Waals surface area contributed by atoms with Crippen molar-refractivity contribution in [3.05, 3.63) is 12.2 Å². The highest BCUT2D eigenvalue weighted by Crippen LogP contribution is 2.49. The second-order valence-electron chi connectivity index (χ2n) is 4.38. The van der Waals surface area contributed by atoms with Gasteiger partial charge in [-0.3, -0.25) is 0 Å². The van der Waals surface area contributed by atoms with E-state index in [1.165, 1.54) is 0 Å². The molecular weight excluding hydrogens is 136 g/mol. The molecular formula is C10H18O. The molecule has 64 valence electrons. The molecule has 0 saturated carbocycles. The van der Waals surface area contributed by atoms with Crippen LogP contribution in [0.15, 0.2) is 12.2 Å². The first kappa shape index (κ1) is 8.79. The SMILES string of the molecule is CC1(C)CC=CC1(C)CCO. The summed E-state index contributed by atoms with van der Waals surface area (Å²) >= 11 is 0. The summed E-state index contributed by atoms with van der Waals surface area (Å²) in [6, 6.07) is 0. The fourth-order valence-corrected chi connectivity index (χ4v) is 1.73. The van der Waals surface area contributed by atoms with E-state index < -0.39 is 0 Å². The molecule has 0 bridgehead atoms. The van der Waals surface area contributed by atoms with E-state index in [9.17, 15) is 0 Å². The largest absolute Gasteiger partial charge is 0.396 e. The highest BCUT2D eigenvalue weighted by molar-refractivity contribution is 5.13. The Hall–Kier alpha value is -0.300. The zero-order valence-corrected chi connectivity index (χ0v) is 7.72. The predicted octanol–water partition coefficient (Wildman–Crippen LogP) is 2.36. The molecule has 0 spiro atoms. The maximum atomic E-state index is 8.89. The quantitative estimate of drug-likeness (QED) is 0.605. The van der Waals surface area contributed by atoms with Crippen LogP contribution in [0.2, 0.25) is 0 Å². The van der Waals surface area contributed by atoms with E-state index >= 15 is 0 Å². The summed E-state index contributed by atoms with van der Waals surface area (Å²) in [6.45, 7) is 7.06. The van der Waals surface area contributed by atoms with Gasteiger partial charge < -0.3 is 5.11 Å². The first-order valence-electron chi connectivity index (χ1n) is 4.30. The number of allylic oxidation sites excluding steroid dienone is 2. The van der Waals surface area contributed by atoms with E-state index in [0.717, 1.165) is 12.8 Å². The lowest BCUT2D eigenvalue weighted by Gasteiger charge is -2.37. The molecule has 0 heterocycles. The third kappa shape index (κ3) is 1.34. The number of aliphatic hydroxyl groups excluding tert-OH is 1. The van der Waals surface area contributed by atoms with Gasteiger partial charge in [0.25, 0.3) is 0 Å². The summed E-state index contributed by atoms with van der Waals surface area (Å²) < 4.78 is 0. The molecule has 0 aliphatic heterocycles. The lowest BCUT2D eigenvalue weighted by Crippen LogP contribution is -2.30. The van der Waals surface area contributed by atoms with E-state index in [-0.39, 0.29) is 5.41 Å². The molecule has 1 nitrogen and oxygen atoms in total. The molecule has 1 N–H and O–H groups in total. The fourth-order valence-electron chi connectivity index (χ4n) is 1.73. The second kappa shape index (κ2) is 2.63. The minimum absolute atomic E-state index is 0.210. The van der Waals surface area contributed by atoms with E-state index in [0.29, 0.717) is 12.0 Å². The highest BCUT2D eigenvalue weighted by atomic mass is 16.3. The van der Waals surface area contributed by atoms with Crippen molar-refractivity contribution in [2.75, 3.05) is 6.61 Å². The summed E-state index contributed by atoms with van der Waals surface area (Å²) in [4.78, 5) is 0. The summed E-state index contributed by atoms with van der Waals surface area (Å²) in [7, 11) is 0. The average Bonchev–Trinajstić information content (AvgIpc) is 2.09. The number of rotatable bonds is 2. The monoisotopic (exact) mass is 154 g/mol. The van der Waals surface area contributed by atoms with Crippen LogP contribution in [-0.2, 0) is 0 Å². The van der Waals surface area contributed by atoms with Crippen LogP contribution in [0.25, 0.3) is 0 Å². The van der Waals surface area contributed by atoms with E-state index in [2.05, 4.69) is 32.9 Å². The third-order valence-electron chi connectivity index (χ3n) is 3.29. The summed E-state index contributed by atoms with van der Waals surface area (Å²) in [5.74, 6) is 0. The first-order valence-corrected chi connectivity index (χ1v) is 4.30. The standard InChI is InChI=1S/C10H18O/c1-9(2)5-4-6-10(9,3)7-8-11/h4,6,11H,5,7-8H2,1-3H3. The van der Waals surface area contributed by atoms with Gasteiger partial charge in [-0.15, -0.1) is 0 Å². The number of aliphatic hydroxyl groups is 1. The Labute approximate surface area is 69.1 Å². The van der Waals surface area contributed by atoms with Crippen LogP contribution in [0.3, 0.4) is 0 Å². The lowest BCUT2D eigenvalue weighted by atomic mass is 9.67. The molecule has 11 heavy (non-hydrogen) atoms. The van der Waals surface area contributed by atoms with Crippen molar-refractivity contribution in [3.63, 3.8) is 0 Å². The Kier molecular flexibility index (Phi) is 2.10. The Balaban J connectivity index is 2.75. The predicted molar refractivity (Wildman–Crippen MR) is 47.3 cm³/mol. The van der Waals surface area contributed by atoms with Crippen molar-refractivity contribution >= 4 is 0 Å². The van der Waals surface area contributed by atoms with Crippen LogP contribution in [-0.4, -0.2) is 11.7 Å². The maximum absolute atomic E-state index is 8.89. The van der Waals surface area contributed by atoms with Crippen LogP contribution < -0.4 is 0 Å². The summed E-state index contributed by atoms with van der Waals surface area (Å²) in [5.41, 5.74) is 0.539. The van der Waals surface area contributed by atoms with Gasteiger partial charge in [-0.1, -0.05) is 32.9 Å². The topological polar surface area (TPSA) is 20.2 Å². The Morgan fingerprint density at radius 3 is 2.36 bits per heavy atom. The van der Waals surface area contributed by atoms with Crippen molar-refractivity contribution in [2.24, 2.45) is 10.8 Å². The van der Waals surface area contributed by atoms with Gasteiger partial charge in [0.15, 0.2) is 0 Å². The Morgan fingerprint density at radius 2 is 2.00 bits per heavy atom. The van der Waals surface area contributed by atoms with Gasteiger partial charge in [0, 0.05) is 6.61 Å². The van der Waals surface area contributed by atoms with Gasteiger partial charge in [-0.05, 0) is 23.7 Å². The summed E-state index contributed by atoms with van der Waals surface area (Å²) in [6.07, 6.45) is 6.51. The molecule has 0 saturated heterocycles. The molecule has 1 aliphatic carbocycles. The Morgan fingerprint density at radius 1 is 1.36 bits per heavy atom. The van der Waals surface area contributed by atoms with Crippen LogP contribution >= 0.6 is 0 Å². The molecule has 0 fully saturated rings. The second-order valence-corrected chi connectivity index (χ2v) is 4.38. The molecule has 0 radical (unpaired) electrons. The van der Waals surface area contributed by atoms with Crippen LogP contribution in [0.4, 0.5) is 0 Å². The van der Waals surface area contributed by atoms with Gasteiger partial charge in [-0.25, -0.2) is 0 Å². The van der Waals surface area contributed by atoms with Crippen LogP contribution in [0, 0.1) is 10.8 Å². The molecule has 0 aromatic rings. The molecule has 1 atom stereocenters. The number of hydrogen-bond acceptors (Lipinski definition) is 1. The molecule has 1 heteroatoms. The van der Waals surface area contributed by atoms with E-state index in [1.54, 1.807) is 0 Å². The van der Waals surface area contributed by atoms with Gasteiger partial charge in [0.1, 0.15) is 0 Å². The zero-order valence-electron chi connectivity index (χ0n) is 7.72. The van der Waals surface area contributed by atoms with Gasteiger partial charge in [0.05, 0.1) is 0 Å². The highest BCUT2D eigenvalue weighted by Gasteiger charge is 2.40. The maximum Gasteiger partial charge on any atom is 0.0439 e. The van der Waals surface area contributed by atoms with Crippen molar-refractivity contribution < 1.29 is 5.11 Å². The molecule has 1 unspecified atom stereocenters. The van der Waals surface area contributed by atoms with Crippen LogP contribution in [0.5, 0.6) is 0 Å². The lowest BCUT2D eigenvalue weighted by molar-refractivity contribution is 0.120. The van der Waals surface area contributed by atoms with Crippen molar-refractivity contribution in [3.8, 4) is 0 Å². The van der Waals surface area contributed by atoms with Crippen molar-refractivity contribution in [2.45, 2.75) is 33.6 Å². The van der Waals surface area contributed by atoms with Crippen LogP contribution in [0.1, 0.15) is 33.6 Å². The molecule has 0 aromatic heterocycles. The summed E-state index contributed by atoms with van der Waals surface area (Å²) in [5, 5.41) is 8.89. The van der Waals surface area contributed by atoms with Gasteiger partial charge in [0.2, 0.25) is 0 Å². The van der Waals surface area contributed by atoms with E-state index in [4.69, 9.17) is 5.11 Å². The third-order valence-corrected chi connectivity index (χ3v) is 3.29. The van der Waals surface area contributed by atoms with Gasteiger partial charge in [-0.2, -0.15) is 0 Å². The van der Waals surface area contributed by atoms with Crippen molar-refractivity contribution in [1.82, 2.24) is 0 Å². The minimum atomic E-state index is 0.210. The first-order chi connectivity index (χ1) is 5.02. The molecule has 0 aromatic carbocycles. The Bertz CT molecular complexity index is 170. The van der Waals surface area contributed by atoms with Crippen molar-refractivity contribution in [1.29, 1.82) is 0 Å². The average molecular weight is 154 g/mol. The number of hydrogen-bond donors (Lipinski definition) is 1. The molecule has 0 amide bonds. The fraction of sp³-hybridized carbons (Fsp3) is 0.800. The van der Waals surface area contributed by atoms with E-state index in [1.807, 2.05) is 0 Å². The minimum Gasteiger partial charge on any atom is -0.396 e. The normalized spacial score (nSPS) is 34.5. The zero-order chi connectivity index (χ0) is 8.54. The molecule has 1 aliphatic rings.